The molecule has 1 aromatic carbocycles. The Morgan fingerprint density at radius 1 is 1.57 bits per heavy atom. The maximum absolute atomic E-state index is 13.0. The number of hydrogen-bond donors (Lipinski definition) is 1. The molecule has 0 saturated heterocycles. The molecule has 0 spiro atoms. The van der Waals surface area contributed by atoms with Gasteiger partial charge in [0.2, 0.25) is 0 Å². The van der Waals surface area contributed by atoms with E-state index >= 15 is 0 Å². The van der Waals surface area contributed by atoms with E-state index < -0.39 is 6.30 Å². The molecular formula is C11H11FN2. The second kappa shape index (κ2) is 3.30. The van der Waals surface area contributed by atoms with E-state index in [1.165, 1.54) is 0 Å². The average Bonchev–Trinajstić information content (AvgIpc) is 2.18. The van der Waals surface area contributed by atoms with Crippen molar-refractivity contribution >= 4 is 5.69 Å². The number of fused-ring (bicyclic) bond motifs is 1. The van der Waals surface area contributed by atoms with Gasteiger partial charge in [0, 0.05) is 12.1 Å². The normalized spacial score (nSPS) is 19.4. The number of hydrogen-bond acceptors (Lipinski definition) is 2. The Bertz CT molecular complexity index is 406. The number of aryl methyl sites for hydroxylation is 1. The number of nitrogens with zero attached hydrogens (tertiary/aromatic N) is 1. The third-order valence-electron chi connectivity index (χ3n) is 2.59. The van der Waals surface area contributed by atoms with Crippen molar-refractivity contribution in [2.75, 3.05) is 5.32 Å². The van der Waals surface area contributed by atoms with Crippen LogP contribution in [0.25, 0.3) is 0 Å². The van der Waals surface area contributed by atoms with E-state index in [0.29, 0.717) is 18.4 Å². The SMILES string of the molecule is Cc1ccc2c(c1C#N)CCC(F)N2. The highest BCUT2D eigenvalue weighted by atomic mass is 19.1. The van der Waals surface area contributed by atoms with Crippen molar-refractivity contribution < 1.29 is 4.39 Å². The van der Waals surface area contributed by atoms with Crippen molar-refractivity contribution in [2.45, 2.75) is 26.1 Å². The zero-order chi connectivity index (χ0) is 10.1. The Balaban J connectivity index is 2.54. The molecule has 0 fully saturated rings. The Labute approximate surface area is 82.4 Å². The van der Waals surface area contributed by atoms with Crippen LogP contribution in [0.3, 0.4) is 0 Å². The van der Waals surface area contributed by atoms with Gasteiger partial charge in [-0.2, -0.15) is 5.26 Å². The van der Waals surface area contributed by atoms with E-state index in [0.717, 1.165) is 16.8 Å². The number of nitriles is 1. The minimum Gasteiger partial charge on any atom is -0.356 e. The first-order valence-corrected chi connectivity index (χ1v) is 4.65. The average molecular weight is 190 g/mol. The molecule has 1 N–H and O–H groups in total. The van der Waals surface area contributed by atoms with E-state index in [-0.39, 0.29) is 0 Å². The zero-order valence-electron chi connectivity index (χ0n) is 7.97. The summed E-state index contributed by atoms with van der Waals surface area (Å²) in [5, 5.41) is 11.7. The fraction of sp³-hybridized carbons (Fsp3) is 0.364. The van der Waals surface area contributed by atoms with Gasteiger partial charge in [-0.25, -0.2) is 4.39 Å². The maximum Gasteiger partial charge on any atom is 0.170 e. The highest BCUT2D eigenvalue weighted by Crippen LogP contribution is 2.29. The second-order valence-corrected chi connectivity index (χ2v) is 3.55. The monoisotopic (exact) mass is 190 g/mol. The molecule has 1 heterocycles. The van der Waals surface area contributed by atoms with Crippen LogP contribution in [-0.4, -0.2) is 6.30 Å². The maximum atomic E-state index is 13.0. The van der Waals surface area contributed by atoms with Gasteiger partial charge in [-0.05, 0) is 30.5 Å². The lowest BCUT2D eigenvalue weighted by molar-refractivity contribution is 0.344. The first kappa shape index (κ1) is 9.01. The molecule has 1 aliphatic rings. The molecule has 0 saturated carbocycles. The third-order valence-corrected chi connectivity index (χ3v) is 2.59. The number of alkyl halides is 1. The van der Waals surface area contributed by atoms with Crippen LogP contribution in [0.1, 0.15) is 23.1 Å². The van der Waals surface area contributed by atoms with Crippen LogP contribution in [0.2, 0.25) is 0 Å². The summed E-state index contributed by atoms with van der Waals surface area (Å²) in [5.41, 5.74) is 3.39. The predicted molar refractivity (Wildman–Crippen MR) is 52.7 cm³/mol. The first-order valence-electron chi connectivity index (χ1n) is 4.65. The summed E-state index contributed by atoms with van der Waals surface area (Å²) in [6.07, 6.45) is 0.121. The van der Waals surface area contributed by atoms with Gasteiger partial charge in [0.05, 0.1) is 11.6 Å². The van der Waals surface area contributed by atoms with Crippen molar-refractivity contribution in [3.63, 3.8) is 0 Å². The molecule has 0 amide bonds. The molecule has 2 nitrogen and oxygen atoms in total. The van der Waals surface area contributed by atoms with Gasteiger partial charge in [0.25, 0.3) is 0 Å². The second-order valence-electron chi connectivity index (χ2n) is 3.55. The quantitative estimate of drug-likeness (QED) is 0.638. The van der Waals surface area contributed by atoms with E-state index in [9.17, 15) is 4.39 Å². The fourth-order valence-corrected chi connectivity index (χ4v) is 1.83. The largest absolute Gasteiger partial charge is 0.356 e. The molecule has 14 heavy (non-hydrogen) atoms. The van der Waals surface area contributed by atoms with Gasteiger partial charge in [-0.15, -0.1) is 0 Å². The summed E-state index contributed by atoms with van der Waals surface area (Å²) >= 11 is 0. The summed E-state index contributed by atoms with van der Waals surface area (Å²) in [6, 6.07) is 5.87. The molecule has 0 bridgehead atoms. The van der Waals surface area contributed by atoms with Crippen LogP contribution in [-0.2, 0) is 6.42 Å². The highest BCUT2D eigenvalue weighted by Gasteiger charge is 2.19. The summed E-state index contributed by atoms with van der Waals surface area (Å²) < 4.78 is 13.0. The van der Waals surface area contributed by atoms with E-state index in [4.69, 9.17) is 5.26 Å². The lowest BCUT2D eigenvalue weighted by Crippen LogP contribution is -2.21. The molecule has 72 valence electrons. The van der Waals surface area contributed by atoms with Gasteiger partial charge in [-0.3, -0.25) is 0 Å². The number of rotatable bonds is 0. The van der Waals surface area contributed by atoms with Crippen LogP contribution >= 0.6 is 0 Å². The summed E-state index contributed by atoms with van der Waals surface area (Å²) in [7, 11) is 0. The van der Waals surface area contributed by atoms with Gasteiger partial charge in [-0.1, -0.05) is 6.07 Å². The number of benzene rings is 1. The molecule has 2 rings (SSSR count). The Morgan fingerprint density at radius 3 is 3.07 bits per heavy atom. The lowest BCUT2D eigenvalue weighted by Gasteiger charge is -2.22. The number of nitrogens with one attached hydrogen (secondary N) is 1. The number of anilines is 1. The van der Waals surface area contributed by atoms with Gasteiger partial charge < -0.3 is 5.32 Å². The van der Waals surface area contributed by atoms with Crippen LogP contribution in [0.5, 0.6) is 0 Å². The van der Waals surface area contributed by atoms with Gasteiger partial charge in [0.15, 0.2) is 6.30 Å². The van der Waals surface area contributed by atoms with Crippen molar-refractivity contribution in [1.82, 2.24) is 0 Å². The molecule has 0 radical (unpaired) electrons. The number of halogens is 1. The highest BCUT2D eigenvalue weighted by molar-refractivity contribution is 5.62. The van der Waals surface area contributed by atoms with Crippen LogP contribution in [0, 0.1) is 18.3 Å². The van der Waals surface area contributed by atoms with Crippen molar-refractivity contribution in [3.8, 4) is 6.07 Å². The minimum atomic E-state index is -0.975. The Kier molecular flexibility index (Phi) is 2.12. The topological polar surface area (TPSA) is 35.8 Å². The van der Waals surface area contributed by atoms with E-state index in [1.807, 2.05) is 19.1 Å². The summed E-state index contributed by atoms with van der Waals surface area (Å²) in [5.74, 6) is 0. The van der Waals surface area contributed by atoms with Crippen molar-refractivity contribution in [2.24, 2.45) is 0 Å². The van der Waals surface area contributed by atoms with E-state index in [1.54, 1.807) is 0 Å². The molecular weight excluding hydrogens is 179 g/mol. The smallest absolute Gasteiger partial charge is 0.170 e. The summed E-state index contributed by atoms with van der Waals surface area (Å²) in [4.78, 5) is 0. The van der Waals surface area contributed by atoms with Gasteiger partial charge >= 0.3 is 0 Å². The van der Waals surface area contributed by atoms with Gasteiger partial charge in [0.1, 0.15) is 0 Å². The van der Waals surface area contributed by atoms with Crippen molar-refractivity contribution in [1.29, 1.82) is 5.26 Å². The molecule has 1 aliphatic heterocycles. The molecule has 0 aliphatic carbocycles. The molecule has 1 aromatic rings. The van der Waals surface area contributed by atoms with Crippen LogP contribution in [0.4, 0.5) is 10.1 Å². The fourth-order valence-electron chi connectivity index (χ4n) is 1.83. The molecule has 1 unspecified atom stereocenters. The Morgan fingerprint density at radius 2 is 2.36 bits per heavy atom. The van der Waals surface area contributed by atoms with Crippen LogP contribution in [0.15, 0.2) is 12.1 Å². The van der Waals surface area contributed by atoms with Crippen molar-refractivity contribution in [3.05, 3.63) is 28.8 Å². The molecule has 3 heteroatoms. The molecule has 1 atom stereocenters. The van der Waals surface area contributed by atoms with Crippen LogP contribution < -0.4 is 5.32 Å². The lowest BCUT2D eigenvalue weighted by atomic mass is 9.94. The predicted octanol–water partition coefficient (Wildman–Crippen LogP) is 2.52. The zero-order valence-corrected chi connectivity index (χ0v) is 7.97. The summed E-state index contributed by atoms with van der Waals surface area (Å²) in [6.45, 7) is 1.90. The standard InChI is InChI=1S/C11H11FN2/c1-7-2-4-10-8(9(7)6-13)3-5-11(12)14-10/h2,4,11,14H,3,5H2,1H3. The minimum absolute atomic E-state index is 0.450. The first-order chi connectivity index (χ1) is 6.72. The molecule has 0 aromatic heterocycles. The third kappa shape index (κ3) is 1.33. The Hall–Kier alpha value is -1.56. The van der Waals surface area contributed by atoms with E-state index in [2.05, 4.69) is 11.4 Å².